The minimum Gasteiger partial charge on any atom is -0.332 e. The molecule has 1 amide bonds. The third kappa shape index (κ3) is 4.48. The summed E-state index contributed by atoms with van der Waals surface area (Å²) in [4.78, 5) is 14.8. The lowest BCUT2D eigenvalue weighted by atomic mass is 10.3. The number of thiazole rings is 1. The molecular formula is C12H12N4O3S3. The van der Waals surface area contributed by atoms with Gasteiger partial charge < -0.3 is 10.6 Å². The van der Waals surface area contributed by atoms with Gasteiger partial charge in [-0.1, -0.05) is 0 Å². The van der Waals surface area contributed by atoms with Gasteiger partial charge in [-0.25, -0.2) is 13.4 Å². The fraction of sp³-hybridized carbons (Fsp3) is 0.0833. The maximum atomic E-state index is 12.1. The second kappa shape index (κ2) is 6.81. The molecule has 0 atom stereocenters. The molecule has 2 aromatic rings. The number of hydrogen-bond donors (Lipinski definition) is 3. The van der Waals surface area contributed by atoms with E-state index >= 15 is 0 Å². The lowest BCUT2D eigenvalue weighted by molar-refractivity contribution is -0.117. The Labute approximate surface area is 136 Å². The third-order valence-electron chi connectivity index (χ3n) is 2.37. The van der Waals surface area contributed by atoms with Crippen LogP contribution in [0.25, 0.3) is 0 Å². The number of benzene rings is 1. The molecule has 0 bridgehead atoms. The van der Waals surface area contributed by atoms with Crippen molar-refractivity contribution in [2.45, 2.75) is 11.8 Å². The van der Waals surface area contributed by atoms with Crippen molar-refractivity contribution < 1.29 is 13.2 Å². The van der Waals surface area contributed by atoms with E-state index in [-0.39, 0.29) is 15.9 Å². The summed E-state index contributed by atoms with van der Waals surface area (Å²) in [6.07, 6.45) is 1.51. The number of carbonyl (C=O) groups excluding carboxylic acids is 1. The molecule has 3 N–H and O–H groups in total. The molecule has 0 radical (unpaired) electrons. The van der Waals surface area contributed by atoms with Crippen LogP contribution in [0.3, 0.4) is 0 Å². The molecule has 0 aliphatic heterocycles. The topological polar surface area (TPSA) is 100 Å². The van der Waals surface area contributed by atoms with E-state index in [0.29, 0.717) is 10.8 Å². The Morgan fingerprint density at radius 3 is 2.50 bits per heavy atom. The van der Waals surface area contributed by atoms with Crippen LogP contribution in [0.2, 0.25) is 0 Å². The lowest BCUT2D eigenvalue weighted by Crippen LogP contribution is -2.32. The van der Waals surface area contributed by atoms with Gasteiger partial charge in [-0.15, -0.1) is 11.3 Å². The number of nitrogens with zero attached hydrogens (tertiary/aromatic N) is 1. The zero-order valence-electron chi connectivity index (χ0n) is 11.4. The maximum absolute atomic E-state index is 12.1. The van der Waals surface area contributed by atoms with Crippen LogP contribution in [0.15, 0.2) is 40.7 Å². The maximum Gasteiger partial charge on any atom is 0.263 e. The molecule has 1 heterocycles. The number of anilines is 2. The summed E-state index contributed by atoms with van der Waals surface area (Å²) >= 11 is 6.11. The van der Waals surface area contributed by atoms with Crippen molar-refractivity contribution in [2.75, 3.05) is 10.0 Å². The second-order valence-corrected chi connectivity index (χ2v) is 7.09. The number of amides is 1. The molecule has 0 saturated carbocycles. The van der Waals surface area contributed by atoms with Gasteiger partial charge in [0, 0.05) is 24.2 Å². The van der Waals surface area contributed by atoms with Crippen molar-refractivity contribution in [1.29, 1.82) is 0 Å². The van der Waals surface area contributed by atoms with E-state index in [2.05, 4.69) is 20.3 Å². The summed E-state index contributed by atoms with van der Waals surface area (Å²) in [5.74, 6) is -0.288. The van der Waals surface area contributed by atoms with Gasteiger partial charge in [0.25, 0.3) is 10.0 Å². The highest BCUT2D eigenvalue weighted by atomic mass is 32.2. The number of carbonyl (C=O) groups is 1. The molecule has 7 nitrogen and oxygen atoms in total. The van der Waals surface area contributed by atoms with E-state index in [1.807, 2.05) is 0 Å². The molecule has 22 heavy (non-hydrogen) atoms. The third-order valence-corrected chi connectivity index (χ3v) is 4.74. The molecule has 0 fully saturated rings. The first-order valence-electron chi connectivity index (χ1n) is 5.98. The van der Waals surface area contributed by atoms with Gasteiger partial charge in [-0.05, 0) is 36.5 Å². The van der Waals surface area contributed by atoms with Gasteiger partial charge in [-0.2, -0.15) is 0 Å². The van der Waals surface area contributed by atoms with Gasteiger partial charge in [0.2, 0.25) is 5.91 Å². The Morgan fingerprint density at radius 2 is 1.95 bits per heavy atom. The highest BCUT2D eigenvalue weighted by Crippen LogP contribution is 2.19. The van der Waals surface area contributed by atoms with Crippen molar-refractivity contribution in [3.63, 3.8) is 0 Å². The fourth-order valence-corrected chi connectivity index (χ4v) is 3.54. The molecule has 0 unspecified atom stereocenters. The summed E-state index contributed by atoms with van der Waals surface area (Å²) in [6, 6.07) is 5.94. The van der Waals surface area contributed by atoms with E-state index < -0.39 is 10.0 Å². The Kier molecular flexibility index (Phi) is 5.06. The minimum atomic E-state index is -3.68. The second-order valence-electron chi connectivity index (χ2n) is 4.10. The minimum absolute atomic E-state index is 0.0960. The Morgan fingerprint density at radius 1 is 1.27 bits per heavy atom. The average Bonchev–Trinajstić information content (AvgIpc) is 2.90. The standard InChI is InChI=1S/C12H12N4O3S3/c1-8(17)14-11(20)15-9-2-4-10(5-3-9)22(18,19)16-12-13-6-7-21-12/h2-7H,1H3,(H,13,16)(H2,14,15,17,20). The molecule has 116 valence electrons. The summed E-state index contributed by atoms with van der Waals surface area (Å²) in [5.41, 5.74) is 0.562. The SMILES string of the molecule is CC(=O)NC(=S)Nc1ccc(S(=O)(=O)Nc2nccs2)cc1. The number of rotatable bonds is 4. The lowest BCUT2D eigenvalue weighted by Gasteiger charge is -2.09. The number of aromatic nitrogens is 1. The first-order chi connectivity index (χ1) is 10.4. The van der Waals surface area contributed by atoms with Crippen LogP contribution in [-0.2, 0) is 14.8 Å². The largest absolute Gasteiger partial charge is 0.332 e. The van der Waals surface area contributed by atoms with Crippen molar-refractivity contribution in [3.8, 4) is 0 Å². The monoisotopic (exact) mass is 356 g/mol. The van der Waals surface area contributed by atoms with Crippen LogP contribution < -0.4 is 15.4 Å². The van der Waals surface area contributed by atoms with E-state index in [9.17, 15) is 13.2 Å². The highest BCUT2D eigenvalue weighted by molar-refractivity contribution is 7.93. The van der Waals surface area contributed by atoms with Crippen molar-refractivity contribution in [3.05, 3.63) is 35.8 Å². The van der Waals surface area contributed by atoms with Crippen LogP contribution in [0.5, 0.6) is 0 Å². The van der Waals surface area contributed by atoms with Crippen LogP contribution in [0.4, 0.5) is 10.8 Å². The number of thiocarbonyl (C=S) groups is 1. The first kappa shape index (κ1) is 16.3. The summed E-state index contributed by atoms with van der Waals surface area (Å²) < 4.78 is 26.6. The van der Waals surface area contributed by atoms with E-state index in [1.165, 1.54) is 36.6 Å². The molecular weight excluding hydrogens is 344 g/mol. The first-order valence-corrected chi connectivity index (χ1v) is 8.75. The molecule has 1 aromatic heterocycles. The zero-order chi connectivity index (χ0) is 16.2. The molecule has 0 aliphatic carbocycles. The van der Waals surface area contributed by atoms with Crippen LogP contribution in [0, 0.1) is 0 Å². The molecule has 0 spiro atoms. The average molecular weight is 356 g/mol. The smallest absolute Gasteiger partial charge is 0.263 e. The van der Waals surface area contributed by atoms with Gasteiger partial charge in [0.1, 0.15) is 0 Å². The van der Waals surface area contributed by atoms with Crippen molar-refractivity contribution in [2.24, 2.45) is 0 Å². The van der Waals surface area contributed by atoms with Gasteiger partial charge in [-0.3, -0.25) is 9.52 Å². The zero-order valence-corrected chi connectivity index (χ0v) is 13.8. The van der Waals surface area contributed by atoms with Gasteiger partial charge in [0.15, 0.2) is 10.2 Å². The Hall–Kier alpha value is -2.04. The highest BCUT2D eigenvalue weighted by Gasteiger charge is 2.15. The van der Waals surface area contributed by atoms with E-state index in [4.69, 9.17) is 12.2 Å². The van der Waals surface area contributed by atoms with Crippen LogP contribution in [-0.4, -0.2) is 24.4 Å². The predicted molar refractivity (Wildman–Crippen MR) is 89.4 cm³/mol. The Bertz CT molecular complexity index is 770. The van der Waals surface area contributed by atoms with E-state index in [1.54, 1.807) is 17.5 Å². The van der Waals surface area contributed by atoms with Crippen molar-refractivity contribution in [1.82, 2.24) is 10.3 Å². The summed E-state index contributed by atoms with van der Waals surface area (Å²) in [5, 5.41) is 7.30. The molecule has 2 rings (SSSR count). The molecule has 0 aliphatic rings. The molecule has 0 saturated heterocycles. The van der Waals surface area contributed by atoms with Crippen LogP contribution >= 0.6 is 23.6 Å². The predicted octanol–water partition coefficient (Wildman–Crippen LogP) is 1.78. The molecule has 10 heteroatoms. The number of sulfonamides is 1. The normalized spacial score (nSPS) is 10.8. The van der Waals surface area contributed by atoms with Crippen molar-refractivity contribution >= 4 is 55.4 Å². The Balaban J connectivity index is 2.08. The van der Waals surface area contributed by atoms with Crippen LogP contribution in [0.1, 0.15) is 6.92 Å². The summed E-state index contributed by atoms with van der Waals surface area (Å²) in [7, 11) is -3.68. The van der Waals surface area contributed by atoms with E-state index in [0.717, 1.165) is 0 Å². The number of hydrogen-bond acceptors (Lipinski definition) is 6. The quantitative estimate of drug-likeness (QED) is 0.722. The molecule has 1 aromatic carbocycles. The van der Waals surface area contributed by atoms with Gasteiger partial charge >= 0.3 is 0 Å². The number of nitrogens with one attached hydrogen (secondary N) is 3. The summed E-state index contributed by atoms with van der Waals surface area (Å²) in [6.45, 7) is 1.34. The fourth-order valence-electron chi connectivity index (χ4n) is 1.49. The van der Waals surface area contributed by atoms with Gasteiger partial charge in [0.05, 0.1) is 4.90 Å².